The summed E-state index contributed by atoms with van der Waals surface area (Å²) in [4.78, 5) is 45.8. The third-order valence-corrected chi connectivity index (χ3v) is 7.01. The molecule has 8 nitrogen and oxygen atoms in total. The van der Waals surface area contributed by atoms with Gasteiger partial charge in [-0.2, -0.15) is 13.2 Å². The summed E-state index contributed by atoms with van der Waals surface area (Å²) in [5.74, 6) is -4.28. The maximum Gasteiger partial charge on any atom is 0.491 e. The highest BCUT2D eigenvalue weighted by atomic mass is 35.5. The van der Waals surface area contributed by atoms with E-state index in [1.165, 1.54) is 6.07 Å². The van der Waals surface area contributed by atoms with Crippen LogP contribution in [0.25, 0.3) is 17.0 Å². The highest BCUT2D eigenvalue weighted by molar-refractivity contribution is 8.18. The Balaban J connectivity index is 1.48. The van der Waals surface area contributed by atoms with Gasteiger partial charge in [-0.25, -0.2) is 9.79 Å². The molecule has 0 unspecified atom stereocenters. The Labute approximate surface area is 228 Å². The lowest BCUT2D eigenvalue weighted by Crippen LogP contribution is -2.30. The van der Waals surface area contributed by atoms with E-state index < -0.39 is 35.4 Å². The number of amides is 2. The smallest absolute Gasteiger partial charge is 0.417 e. The lowest BCUT2D eigenvalue weighted by atomic mass is 10.1. The van der Waals surface area contributed by atoms with Gasteiger partial charge < -0.3 is 15.4 Å². The van der Waals surface area contributed by atoms with Gasteiger partial charge in [-0.15, -0.1) is 0 Å². The van der Waals surface area contributed by atoms with Crippen LogP contribution in [0.5, 0.6) is 5.75 Å². The Morgan fingerprint density at radius 1 is 1.23 bits per heavy atom. The number of thioether (sulfide) groups is 1. The van der Waals surface area contributed by atoms with Gasteiger partial charge in [0, 0.05) is 18.1 Å². The van der Waals surface area contributed by atoms with E-state index in [0.29, 0.717) is 12.1 Å². The van der Waals surface area contributed by atoms with Crippen LogP contribution in [-0.4, -0.2) is 40.7 Å². The van der Waals surface area contributed by atoms with E-state index in [1.54, 1.807) is 30.5 Å². The molecule has 0 bridgehead atoms. The number of fused-ring (bicyclic) bond motifs is 1. The van der Waals surface area contributed by atoms with E-state index in [1.807, 2.05) is 12.1 Å². The van der Waals surface area contributed by atoms with Crippen LogP contribution in [0.4, 0.5) is 18.9 Å². The molecule has 200 valence electrons. The number of amidine groups is 1. The Kier molecular flexibility index (Phi) is 7.32. The van der Waals surface area contributed by atoms with Crippen molar-refractivity contribution < 1.29 is 32.3 Å². The van der Waals surface area contributed by atoms with E-state index in [-0.39, 0.29) is 26.6 Å². The second kappa shape index (κ2) is 10.7. The van der Waals surface area contributed by atoms with E-state index in [4.69, 9.17) is 11.6 Å². The lowest BCUT2D eigenvalue weighted by molar-refractivity contribution is -0.189. The number of pyridine rings is 1. The van der Waals surface area contributed by atoms with E-state index >= 15 is 0 Å². The molecule has 1 aliphatic heterocycles. The van der Waals surface area contributed by atoms with E-state index in [2.05, 4.69) is 25.3 Å². The lowest BCUT2D eigenvalue weighted by Gasteiger charge is -2.15. The molecule has 0 radical (unpaired) electrons. The SMILES string of the molecule is O=C1NC(=Nc2c(Cl)ccc(C(=O)NCC3CC3)c2OC(=O)C(F)(F)F)S/C1=C\c1ccc2ncccc2c1. The minimum absolute atomic E-state index is 0.0320. The first-order valence-corrected chi connectivity index (χ1v) is 12.8. The number of aromatic nitrogens is 1. The molecule has 2 N–H and O–H groups in total. The van der Waals surface area contributed by atoms with Gasteiger partial charge in [0.15, 0.2) is 10.9 Å². The van der Waals surface area contributed by atoms with Crippen molar-refractivity contribution in [2.75, 3.05) is 6.54 Å². The molecule has 2 heterocycles. The van der Waals surface area contributed by atoms with Crippen LogP contribution in [0.2, 0.25) is 5.02 Å². The van der Waals surface area contributed by atoms with Gasteiger partial charge in [0.05, 0.1) is 21.0 Å². The fraction of sp³-hybridized carbons (Fsp3) is 0.192. The van der Waals surface area contributed by atoms with E-state index in [0.717, 1.165) is 41.6 Å². The molecule has 13 heteroatoms. The Morgan fingerprint density at radius 3 is 2.77 bits per heavy atom. The first-order chi connectivity index (χ1) is 18.6. The largest absolute Gasteiger partial charge is 0.491 e. The average molecular weight is 575 g/mol. The molecule has 1 saturated heterocycles. The molecule has 1 aromatic heterocycles. The summed E-state index contributed by atoms with van der Waals surface area (Å²) in [5, 5.41) is 5.77. The van der Waals surface area contributed by atoms with Crippen LogP contribution in [0.15, 0.2) is 58.6 Å². The van der Waals surface area contributed by atoms with E-state index in [9.17, 15) is 27.6 Å². The fourth-order valence-electron chi connectivity index (χ4n) is 3.66. The Hall–Kier alpha value is -3.90. The van der Waals surface area contributed by atoms with Gasteiger partial charge in [-0.1, -0.05) is 23.7 Å². The maximum atomic E-state index is 13.1. The number of aliphatic imine (C=N–C) groups is 1. The zero-order valence-corrected chi connectivity index (χ0v) is 21.4. The molecule has 3 aromatic rings. The summed E-state index contributed by atoms with van der Waals surface area (Å²) >= 11 is 7.13. The summed E-state index contributed by atoms with van der Waals surface area (Å²) in [6.07, 6.45) is -0.198. The number of nitrogens with one attached hydrogen (secondary N) is 2. The summed E-state index contributed by atoms with van der Waals surface area (Å²) in [7, 11) is 0. The number of hydrogen-bond acceptors (Lipinski definition) is 7. The number of alkyl halides is 3. The predicted molar refractivity (Wildman–Crippen MR) is 141 cm³/mol. The van der Waals surface area contributed by atoms with Crippen molar-refractivity contribution in [2.24, 2.45) is 10.9 Å². The predicted octanol–water partition coefficient (Wildman–Crippen LogP) is 5.39. The molecule has 5 rings (SSSR count). The number of ether oxygens (including phenoxy) is 1. The van der Waals surface area contributed by atoms with Gasteiger partial charge >= 0.3 is 12.1 Å². The molecule has 0 atom stereocenters. The molecule has 1 saturated carbocycles. The summed E-state index contributed by atoms with van der Waals surface area (Å²) in [6, 6.07) is 11.5. The summed E-state index contributed by atoms with van der Waals surface area (Å²) in [6.45, 7) is 0.322. The number of nitrogens with zero attached hydrogens (tertiary/aromatic N) is 2. The maximum absolute atomic E-state index is 13.1. The zero-order chi connectivity index (χ0) is 27.7. The van der Waals surface area contributed by atoms with Crippen LogP contribution in [0, 0.1) is 5.92 Å². The molecule has 2 fully saturated rings. The first kappa shape index (κ1) is 26.7. The van der Waals surface area contributed by atoms with Gasteiger partial charge in [-0.05, 0) is 72.5 Å². The molecule has 2 amide bonds. The van der Waals surface area contributed by atoms with Crippen molar-refractivity contribution in [1.82, 2.24) is 15.6 Å². The molecule has 0 spiro atoms. The number of carbonyl (C=O) groups excluding carboxylic acids is 3. The Bertz CT molecular complexity index is 1570. The minimum atomic E-state index is -5.34. The minimum Gasteiger partial charge on any atom is -0.417 e. The monoisotopic (exact) mass is 574 g/mol. The topological polar surface area (TPSA) is 110 Å². The van der Waals surface area contributed by atoms with Crippen LogP contribution in [0.1, 0.15) is 28.8 Å². The summed E-state index contributed by atoms with van der Waals surface area (Å²) < 4.78 is 43.8. The third-order valence-electron chi connectivity index (χ3n) is 5.79. The number of benzene rings is 2. The molecule has 39 heavy (non-hydrogen) atoms. The van der Waals surface area contributed by atoms with Gasteiger partial charge in [-0.3, -0.25) is 14.6 Å². The second-order valence-corrected chi connectivity index (χ2v) is 10.2. The van der Waals surface area contributed by atoms with Gasteiger partial charge in [0.25, 0.3) is 11.8 Å². The molecule has 2 aromatic carbocycles. The highest BCUT2D eigenvalue weighted by Gasteiger charge is 2.42. The molecular weight excluding hydrogens is 557 g/mol. The van der Waals surface area contributed by atoms with Crippen LogP contribution < -0.4 is 15.4 Å². The number of carbonyl (C=O) groups is 3. The van der Waals surface area contributed by atoms with Crippen LogP contribution >= 0.6 is 23.4 Å². The molecule has 2 aliphatic rings. The van der Waals surface area contributed by atoms with Crippen LogP contribution in [0.3, 0.4) is 0 Å². The number of hydrogen-bond donors (Lipinski definition) is 2. The standard InChI is InChI=1S/C26H18ClF3N4O4S/c27-17-7-6-16(22(35)32-12-13-3-4-13)21(38-24(37)26(28,29)30)20(17)33-25-34-23(36)19(39-25)11-14-5-8-18-15(10-14)2-1-9-31-18/h1-2,5-11,13H,3-4,12H2,(H,32,35)(H,33,34,36)/b19-11-. The average Bonchev–Trinajstić information content (AvgIpc) is 3.66. The summed E-state index contributed by atoms with van der Waals surface area (Å²) in [5.41, 5.74) is 0.727. The third kappa shape index (κ3) is 6.23. The quantitative estimate of drug-likeness (QED) is 0.232. The number of halogens is 4. The van der Waals surface area contributed by atoms with Crippen molar-refractivity contribution >= 4 is 69.0 Å². The first-order valence-electron chi connectivity index (χ1n) is 11.6. The fourth-order valence-corrected chi connectivity index (χ4v) is 4.67. The van der Waals surface area contributed by atoms with Gasteiger partial charge in [0.1, 0.15) is 5.69 Å². The Morgan fingerprint density at radius 2 is 2.03 bits per heavy atom. The van der Waals surface area contributed by atoms with Crippen molar-refractivity contribution in [3.63, 3.8) is 0 Å². The van der Waals surface area contributed by atoms with Gasteiger partial charge in [0.2, 0.25) is 0 Å². The highest BCUT2D eigenvalue weighted by Crippen LogP contribution is 2.41. The second-order valence-electron chi connectivity index (χ2n) is 8.75. The normalized spacial score (nSPS) is 17.5. The number of rotatable bonds is 6. The van der Waals surface area contributed by atoms with Crippen molar-refractivity contribution in [2.45, 2.75) is 19.0 Å². The molecule has 1 aliphatic carbocycles. The van der Waals surface area contributed by atoms with Crippen LogP contribution in [-0.2, 0) is 9.59 Å². The van der Waals surface area contributed by atoms with Crippen molar-refractivity contribution in [3.05, 3.63) is 69.7 Å². The van der Waals surface area contributed by atoms with Crippen molar-refractivity contribution in [3.8, 4) is 5.75 Å². The zero-order valence-electron chi connectivity index (χ0n) is 19.8. The molecular formula is C26H18ClF3N4O4S. The van der Waals surface area contributed by atoms with Crippen molar-refractivity contribution in [1.29, 1.82) is 0 Å². The number of esters is 1.